The first-order valence-electron chi connectivity index (χ1n) is 5.90. The lowest BCUT2D eigenvalue weighted by Gasteiger charge is -2.11. The molecule has 0 radical (unpaired) electrons. The monoisotopic (exact) mass is 304 g/mol. The van der Waals surface area contributed by atoms with E-state index in [1.54, 1.807) is 0 Å². The highest BCUT2D eigenvalue weighted by Crippen LogP contribution is 2.44. The van der Waals surface area contributed by atoms with Gasteiger partial charge in [-0.1, -0.05) is 0 Å². The van der Waals surface area contributed by atoms with Crippen LogP contribution < -0.4 is 5.73 Å². The number of nitrogen functional groups attached to an aromatic ring is 1. The van der Waals surface area contributed by atoms with Crippen molar-refractivity contribution >= 4 is 27.7 Å². The molecule has 0 saturated heterocycles. The smallest absolute Gasteiger partial charge is 0.390 e. The number of thiophene rings is 1. The molecule has 0 bridgehead atoms. The zero-order chi connectivity index (χ0) is 13.6. The predicted octanol–water partition coefficient (Wildman–Crippen LogP) is 4.35. The number of nitrogens with two attached hydrogens (primary N) is 1. The third-order valence-corrected chi connectivity index (χ3v) is 5.19. The molecular formula is C12H11F3N2S2. The molecule has 3 rings (SSSR count). The standard InChI is InChI=1S/C12H11F3N2S2/c13-12(14,15)8-5-18-11(17-8)9-6-3-1-2-4-7(6)19-10(9)16/h5H,1-4,16H2. The normalized spacial score (nSPS) is 15.5. The van der Waals surface area contributed by atoms with Gasteiger partial charge in [0.05, 0.1) is 5.00 Å². The van der Waals surface area contributed by atoms with E-state index in [1.807, 2.05) is 0 Å². The molecule has 2 aromatic heterocycles. The summed E-state index contributed by atoms with van der Waals surface area (Å²) in [4.78, 5) is 4.92. The minimum atomic E-state index is -4.39. The number of fused-ring (bicyclic) bond motifs is 1. The fourth-order valence-electron chi connectivity index (χ4n) is 2.34. The molecule has 0 aromatic carbocycles. The maximum Gasteiger partial charge on any atom is 0.434 e. The van der Waals surface area contributed by atoms with E-state index in [1.165, 1.54) is 16.2 Å². The lowest BCUT2D eigenvalue weighted by molar-refractivity contribution is -0.140. The SMILES string of the molecule is Nc1sc2c(c1-c1nc(C(F)(F)F)cs1)CCCC2. The molecule has 0 fully saturated rings. The molecule has 0 unspecified atom stereocenters. The van der Waals surface area contributed by atoms with E-state index in [0.717, 1.165) is 53.5 Å². The molecule has 7 heteroatoms. The average Bonchev–Trinajstić information content (AvgIpc) is 2.90. The van der Waals surface area contributed by atoms with E-state index >= 15 is 0 Å². The van der Waals surface area contributed by atoms with Crippen molar-refractivity contribution in [3.05, 3.63) is 21.5 Å². The Morgan fingerprint density at radius 1 is 1.21 bits per heavy atom. The summed E-state index contributed by atoms with van der Waals surface area (Å²) in [5, 5.41) is 2.04. The van der Waals surface area contributed by atoms with Gasteiger partial charge in [-0.3, -0.25) is 0 Å². The van der Waals surface area contributed by atoms with Crippen molar-refractivity contribution in [2.45, 2.75) is 31.9 Å². The van der Waals surface area contributed by atoms with Gasteiger partial charge in [0, 0.05) is 15.8 Å². The van der Waals surface area contributed by atoms with Crippen molar-refractivity contribution in [3.63, 3.8) is 0 Å². The molecule has 0 spiro atoms. The second kappa shape index (κ2) is 4.49. The summed E-state index contributed by atoms with van der Waals surface area (Å²) in [6.07, 6.45) is -0.341. The van der Waals surface area contributed by atoms with E-state index in [4.69, 9.17) is 5.73 Å². The third-order valence-electron chi connectivity index (χ3n) is 3.21. The Bertz CT molecular complexity index is 613. The summed E-state index contributed by atoms with van der Waals surface area (Å²) in [5.74, 6) is 0. The Morgan fingerprint density at radius 2 is 1.95 bits per heavy atom. The minimum absolute atomic E-state index is 0.393. The van der Waals surface area contributed by atoms with Gasteiger partial charge in [0.1, 0.15) is 5.01 Å². The maximum atomic E-state index is 12.6. The van der Waals surface area contributed by atoms with Gasteiger partial charge >= 0.3 is 6.18 Å². The number of hydrogen-bond acceptors (Lipinski definition) is 4. The Balaban J connectivity index is 2.07. The van der Waals surface area contributed by atoms with Crippen LogP contribution in [0.3, 0.4) is 0 Å². The van der Waals surface area contributed by atoms with Crippen LogP contribution in [-0.4, -0.2) is 4.98 Å². The quantitative estimate of drug-likeness (QED) is 0.850. The van der Waals surface area contributed by atoms with Crippen LogP contribution in [0.5, 0.6) is 0 Å². The Hall–Kier alpha value is -1.08. The molecule has 1 aliphatic rings. The first kappa shape index (κ1) is 12.9. The molecule has 0 aliphatic heterocycles. The first-order chi connectivity index (χ1) is 8.97. The second-order valence-corrected chi connectivity index (χ2v) is 6.48. The molecule has 2 nitrogen and oxygen atoms in total. The highest BCUT2D eigenvalue weighted by atomic mass is 32.1. The number of alkyl halides is 3. The summed E-state index contributed by atoms with van der Waals surface area (Å²) in [6.45, 7) is 0. The number of rotatable bonds is 1. The number of aromatic nitrogens is 1. The summed E-state index contributed by atoms with van der Waals surface area (Å²) in [7, 11) is 0. The molecule has 2 heterocycles. The van der Waals surface area contributed by atoms with Crippen molar-refractivity contribution < 1.29 is 13.2 Å². The third kappa shape index (κ3) is 2.25. The number of nitrogens with zero attached hydrogens (tertiary/aromatic N) is 1. The van der Waals surface area contributed by atoms with Gasteiger partial charge < -0.3 is 5.73 Å². The summed E-state index contributed by atoms with van der Waals surface area (Å²) in [6, 6.07) is 0. The van der Waals surface area contributed by atoms with Crippen molar-refractivity contribution in [3.8, 4) is 10.6 Å². The molecule has 1 aliphatic carbocycles. The van der Waals surface area contributed by atoms with E-state index in [2.05, 4.69) is 4.98 Å². The van der Waals surface area contributed by atoms with Gasteiger partial charge in [0.2, 0.25) is 0 Å². The van der Waals surface area contributed by atoms with Crippen molar-refractivity contribution in [1.82, 2.24) is 4.98 Å². The van der Waals surface area contributed by atoms with Gasteiger partial charge in [0.25, 0.3) is 0 Å². The van der Waals surface area contributed by atoms with Gasteiger partial charge in [-0.15, -0.1) is 22.7 Å². The lowest BCUT2D eigenvalue weighted by Crippen LogP contribution is -2.05. The van der Waals surface area contributed by atoms with Crippen LogP contribution in [0.2, 0.25) is 0 Å². The van der Waals surface area contributed by atoms with E-state index < -0.39 is 11.9 Å². The van der Waals surface area contributed by atoms with E-state index in [0.29, 0.717) is 10.0 Å². The first-order valence-corrected chi connectivity index (χ1v) is 7.59. The number of aryl methyl sites for hydroxylation is 1. The maximum absolute atomic E-state index is 12.6. The van der Waals surface area contributed by atoms with Crippen LogP contribution >= 0.6 is 22.7 Å². The summed E-state index contributed by atoms with van der Waals surface area (Å²) >= 11 is 2.51. The highest BCUT2D eigenvalue weighted by Gasteiger charge is 2.34. The summed E-state index contributed by atoms with van der Waals surface area (Å²) < 4.78 is 37.8. The van der Waals surface area contributed by atoms with Crippen molar-refractivity contribution in [2.24, 2.45) is 0 Å². The Morgan fingerprint density at radius 3 is 2.63 bits per heavy atom. The number of hydrogen-bond donors (Lipinski definition) is 1. The zero-order valence-electron chi connectivity index (χ0n) is 9.88. The van der Waals surface area contributed by atoms with Crippen LogP contribution in [0, 0.1) is 0 Å². The number of anilines is 1. The largest absolute Gasteiger partial charge is 0.434 e. The van der Waals surface area contributed by atoms with Crippen LogP contribution in [-0.2, 0) is 19.0 Å². The van der Waals surface area contributed by atoms with E-state index in [-0.39, 0.29) is 0 Å². The van der Waals surface area contributed by atoms with Gasteiger partial charge in [0.15, 0.2) is 5.69 Å². The fourth-order valence-corrected chi connectivity index (χ4v) is 4.48. The Kier molecular flexibility index (Phi) is 3.05. The van der Waals surface area contributed by atoms with Gasteiger partial charge in [-0.05, 0) is 31.2 Å². The molecule has 2 N–H and O–H groups in total. The topological polar surface area (TPSA) is 38.9 Å². The number of thiazole rings is 1. The lowest BCUT2D eigenvalue weighted by atomic mass is 9.96. The highest BCUT2D eigenvalue weighted by molar-refractivity contribution is 7.18. The zero-order valence-corrected chi connectivity index (χ0v) is 11.5. The van der Waals surface area contributed by atoms with Crippen LogP contribution in [0.1, 0.15) is 29.0 Å². The van der Waals surface area contributed by atoms with Crippen molar-refractivity contribution in [1.29, 1.82) is 0 Å². The molecule has 102 valence electrons. The molecule has 19 heavy (non-hydrogen) atoms. The predicted molar refractivity (Wildman–Crippen MR) is 71.5 cm³/mol. The van der Waals surface area contributed by atoms with Crippen LogP contribution in [0.4, 0.5) is 18.2 Å². The molecule has 0 saturated carbocycles. The van der Waals surface area contributed by atoms with Crippen LogP contribution in [0.25, 0.3) is 10.6 Å². The molecule has 2 aromatic rings. The molecular weight excluding hydrogens is 293 g/mol. The Labute approximate surface area is 116 Å². The average molecular weight is 304 g/mol. The molecule has 0 amide bonds. The van der Waals surface area contributed by atoms with Gasteiger partial charge in [-0.25, -0.2) is 4.98 Å². The number of halogens is 3. The summed E-state index contributed by atoms with van der Waals surface area (Å²) in [5.41, 5.74) is 6.99. The van der Waals surface area contributed by atoms with Crippen molar-refractivity contribution in [2.75, 3.05) is 5.73 Å². The van der Waals surface area contributed by atoms with Crippen LogP contribution in [0.15, 0.2) is 5.38 Å². The molecule has 0 atom stereocenters. The van der Waals surface area contributed by atoms with Gasteiger partial charge in [-0.2, -0.15) is 13.2 Å². The van der Waals surface area contributed by atoms with E-state index in [9.17, 15) is 13.2 Å². The minimum Gasteiger partial charge on any atom is -0.390 e. The second-order valence-electron chi connectivity index (χ2n) is 4.49. The fraction of sp³-hybridized carbons (Fsp3) is 0.417.